The fraction of sp³-hybridized carbons (Fsp3) is 0.449. The summed E-state index contributed by atoms with van der Waals surface area (Å²) in [5, 5.41) is 58.6. The maximum atomic E-state index is 13.9. The van der Waals surface area contributed by atoms with Crippen LogP contribution in [-0.2, 0) is 83.3 Å². The first-order chi connectivity index (χ1) is 57.6. The number of benzene rings is 2. The Bertz CT molecular complexity index is 5750. The zero-order chi connectivity index (χ0) is 87.7. The summed E-state index contributed by atoms with van der Waals surface area (Å²) in [6.07, 6.45) is 7.49. The number of halogens is 6. The molecule has 13 atom stereocenters. The van der Waals surface area contributed by atoms with Gasteiger partial charge in [-0.3, -0.25) is 31.7 Å². The van der Waals surface area contributed by atoms with E-state index < -0.39 is 108 Å². The van der Waals surface area contributed by atoms with Gasteiger partial charge < -0.3 is 45.3 Å². The highest BCUT2D eigenvalue weighted by Crippen LogP contribution is 2.49. The SMILES string of the molecule is CC(C)(C)OC(=O)C1CCc2ccc(Cl)cc2C1c1cc(C(=O)c2cncnc2N[C@@H]2C[C@H](COS(N)(=O)=O)[C@@H](O)C2)sc1Cl.Cc1sc(C(=O)c2cncnc2N[C@@H]2C[C@H](COS(N)(=O)=O)[C@@H](O)C2)cc1C1OCCn2cc(C(F)(F)F)nc21.NS(=O)(=O)OC[C@H]1C[C@@H](Nc2ncncc2C(=O)c2cc(C3CCCc4ccc(Cl)cc43)cs2)C[C@@H]1O. The van der Waals surface area contributed by atoms with E-state index in [9.17, 15) is 72.9 Å². The van der Waals surface area contributed by atoms with E-state index in [4.69, 9.17) is 59.7 Å². The van der Waals surface area contributed by atoms with Crippen LogP contribution in [0.1, 0.15) is 198 Å². The minimum absolute atomic E-state index is 0.115. The number of nitrogens with two attached hydrogens (primary N) is 3. The van der Waals surface area contributed by atoms with Gasteiger partial charge in [-0.2, -0.15) is 38.4 Å². The molecule has 12 N–H and O–H groups in total. The Morgan fingerprint density at radius 3 is 1.56 bits per heavy atom. The number of nitrogens with zero attached hydrogens (tertiary/aromatic N) is 8. The average Bonchev–Trinajstić information content (AvgIpc) is 1.53. The smallest absolute Gasteiger partial charge is 0.434 e. The van der Waals surface area contributed by atoms with Crippen LogP contribution in [0.3, 0.4) is 0 Å². The largest absolute Gasteiger partial charge is 0.460 e. The van der Waals surface area contributed by atoms with Gasteiger partial charge in [-0.25, -0.2) is 50.3 Å². The number of hydrogen-bond acceptors (Lipinski definition) is 31. The van der Waals surface area contributed by atoms with Crippen LogP contribution in [-0.4, -0.2) is 172 Å². The summed E-state index contributed by atoms with van der Waals surface area (Å²) in [7, 11) is -12.4. The van der Waals surface area contributed by atoms with Crippen molar-refractivity contribution in [2.45, 2.75) is 171 Å². The fourth-order valence-corrected chi connectivity index (χ4v) is 20.9. The van der Waals surface area contributed by atoms with E-state index in [1.165, 1.54) is 64.6 Å². The second kappa shape index (κ2) is 38.0. The van der Waals surface area contributed by atoms with Gasteiger partial charge in [0.1, 0.15) is 54.0 Å². The maximum absolute atomic E-state index is 13.9. The highest BCUT2D eigenvalue weighted by molar-refractivity contribution is 7.84. The number of esters is 1. The molecule has 44 heteroatoms. The lowest BCUT2D eigenvalue weighted by Gasteiger charge is -2.34. The molecule has 6 aliphatic rings. The highest BCUT2D eigenvalue weighted by Gasteiger charge is 2.44. The number of carbonyl (C=O) groups is 4. The first kappa shape index (κ1) is 91.7. The molecule has 0 amide bonds. The van der Waals surface area contributed by atoms with Gasteiger partial charge in [0.15, 0.2) is 5.69 Å². The fourth-order valence-electron chi connectivity index (χ4n) is 16.2. The topological polar surface area (TPSA) is 487 Å². The normalized spacial score (nSPS) is 23.4. The van der Waals surface area contributed by atoms with Crippen LogP contribution in [0.15, 0.2) is 104 Å². The molecular weight excluding hydrogens is 1780 g/mol. The molecule has 0 bridgehead atoms. The number of ether oxygens (including phenoxy) is 2. The number of alkyl halides is 3. The van der Waals surface area contributed by atoms with Crippen molar-refractivity contribution in [1.29, 1.82) is 0 Å². The van der Waals surface area contributed by atoms with E-state index in [-0.39, 0.29) is 116 Å². The Labute approximate surface area is 727 Å². The third kappa shape index (κ3) is 22.8. The summed E-state index contributed by atoms with van der Waals surface area (Å²) in [5.41, 5.74) is 5.70. The Balaban J connectivity index is 0.000000158. The molecule has 3 saturated carbocycles. The molecule has 8 heterocycles. The van der Waals surface area contributed by atoms with Gasteiger partial charge in [0, 0.05) is 99.5 Å². The second-order valence-electron chi connectivity index (χ2n) is 31.5. The van der Waals surface area contributed by atoms with Crippen molar-refractivity contribution < 1.29 is 94.9 Å². The third-order valence-corrected chi connectivity index (χ3v) is 27.1. The molecule has 3 fully saturated rings. The number of nitrogens with one attached hydrogen (secondary N) is 3. The van der Waals surface area contributed by atoms with E-state index in [1.807, 2.05) is 62.5 Å². The molecule has 9 aromatic rings. The van der Waals surface area contributed by atoms with E-state index in [0.717, 1.165) is 64.8 Å². The number of aryl methyl sites for hydroxylation is 3. The number of ketones is 3. The van der Waals surface area contributed by atoms with Gasteiger partial charge in [0.25, 0.3) is 0 Å². The molecule has 654 valence electrons. The van der Waals surface area contributed by atoms with Crippen LogP contribution in [0, 0.1) is 30.6 Å². The van der Waals surface area contributed by atoms with Crippen molar-refractivity contribution in [3.05, 3.63) is 205 Å². The van der Waals surface area contributed by atoms with Crippen molar-refractivity contribution in [2.24, 2.45) is 39.1 Å². The van der Waals surface area contributed by atoms with Crippen LogP contribution < -0.4 is 31.4 Å². The van der Waals surface area contributed by atoms with Crippen LogP contribution in [0.4, 0.5) is 30.6 Å². The minimum atomic E-state index is -4.60. The molecule has 0 spiro atoms. The van der Waals surface area contributed by atoms with E-state index in [2.05, 4.69) is 69.5 Å². The summed E-state index contributed by atoms with van der Waals surface area (Å²) >= 11 is 23.2. The third-order valence-electron chi connectivity index (χ3n) is 21.8. The predicted octanol–water partition coefficient (Wildman–Crippen LogP) is 10.7. The van der Waals surface area contributed by atoms with Gasteiger partial charge in [-0.1, -0.05) is 46.9 Å². The Kier molecular flexibility index (Phi) is 28.6. The molecule has 122 heavy (non-hydrogen) atoms. The summed E-state index contributed by atoms with van der Waals surface area (Å²) in [6, 6.07) is 16.0. The highest BCUT2D eigenvalue weighted by atomic mass is 35.5. The molecular formula is C78H86Cl3F3N14O18S6. The zero-order valence-electron chi connectivity index (χ0n) is 65.6. The summed E-state index contributed by atoms with van der Waals surface area (Å²) < 4.78 is 134. The van der Waals surface area contributed by atoms with Crippen LogP contribution >= 0.6 is 68.8 Å². The molecule has 0 radical (unpaired) electrons. The molecule has 2 aromatic carbocycles. The van der Waals surface area contributed by atoms with Gasteiger partial charge in [-0.15, -0.1) is 34.0 Å². The number of rotatable bonds is 25. The number of carbonyl (C=O) groups excluding carboxylic acids is 4. The first-order valence-corrected chi connectivity index (χ1v) is 46.6. The number of aromatic nitrogens is 8. The van der Waals surface area contributed by atoms with Gasteiger partial charge in [-0.05, 0) is 180 Å². The Morgan fingerprint density at radius 2 is 1.07 bits per heavy atom. The average molecular weight is 1860 g/mol. The van der Waals surface area contributed by atoms with Gasteiger partial charge in [0.2, 0.25) is 17.3 Å². The summed E-state index contributed by atoms with van der Waals surface area (Å²) in [4.78, 5) is 84.9. The number of anilines is 3. The monoisotopic (exact) mass is 1860 g/mol. The van der Waals surface area contributed by atoms with Crippen molar-refractivity contribution in [1.82, 2.24) is 39.5 Å². The lowest BCUT2D eigenvalue weighted by atomic mass is 9.72. The number of hydrogen-bond donors (Lipinski definition) is 9. The first-order valence-electron chi connectivity index (χ1n) is 38.5. The Hall–Kier alpha value is -8.02. The molecule has 0 saturated heterocycles. The summed E-state index contributed by atoms with van der Waals surface area (Å²) in [5.74, 6) is -2.57. The van der Waals surface area contributed by atoms with Crippen molar-refractivity contribution in [3.8, 4) is 0 Å². The van der Waals surface area contributed by atoms with Crippen LogP contribution in [0.5, 0.6) is 0 Å². The minimum Gasteiger partial charge on any atom is -0.460 e. The number of thiophene rings is 3. The van der Waals surface area contributed by atoms with Crippen LogP contribution in [0.25, 0.3) is 0 Å². The molecule has 4 unspecified atom stereocenters. The van der Waals surface area contributed by atoms with E-state index in [0.29, 0.717) is 94.9 Å². The van der Waals surface area contributed by atoms with Crippen molar-refractivity contribution in [2.75, 3.05) is 42.4 Å². The van der Waals surface area contributed by atoms with E-state index in [1.54, 1.807) is 19.1 Å². The molecule has 32 nitrogen and oxygen atoms in total. The maximum Gasteiger partial charge on any atom is 0.434 e. The number of fused-ring (bicyclic) bond motifs is 3. The lowest BCUT2D eigenvalue weighted by molar-refractivity contribution is -0.161. The van der Waals surface area contributed by atoms with Gasteiger partial charge in [0.05, 0.1) is 86.3 Å². The zero-order valence-corrected chi connectivity index (χ0v) is 72.8. The summed E-state index contributed by atoms with van der Waals surface area (Å²) in [6.45, 7) is 6.87. The molecule has 5 aliphatic carbocycles. The number of imidazole rings is 1. The van der Waals surface area contributed by atoms with Gasteiger partial charge >= 0.3 is 43.1 Å². The molecule has 1 aliphatic heterocycles. The van der Waals surface area contributed by atoms with Crippen molar-refractivity contribution in [3.63, 3.8) is 0 Å². The number of aliphatic hydroxyl groups excluding tert-OH is 3. The Morgan fingerprint density at radius 1 is 0.607 bits per heavy atom. The van der Waals surface area contributed by atoms with Crippen molar-refractivity contribution >= 4 is 140 Å². The molecule has 15 rings (SSSR count). The lowest BCUT2D eigenvalue weighted by Crippen LogP contribution is -2.34. The quantitative estimate of drug-likeness (QED) is 0.0190. The predicted molar refractivity (Wildman–Crippen MR) is 447 cm³/mol. The standard InChI is InChI=1S/C30H34Cl2N4O7S2.C25H27ClN4O5S2.C23H25F3N6O6S2/c1-30(2,3)43-29(39)19-7-5-15-4-6-17(31)9-20(15)25(19)21-11-24(44-27(21)32)26(38)22-12-34-14-35-28(22)36-18-8-16(23(37)10-18)13-42-45(33,40)41;26-17-5-4-14-2-1-3-19(20(14)8-17)16-7-23(36-12-16)24(32)21-10-28-13-29-25(21)30-18-6-15(22(31)9-18)11-35-37(27,33)34;1-11-14(20-22-31-18(23(24,25)26)8-32(22)2-3-37-20)6-17(39-11)19(34)15-7-28-10-29-21(15)30-13-4-12(16(33)5-13)9-38-40(27,35)36/h4,6,9,11-12,14,16,18-19,23,25,37H,5,7-8,10,13H2,1-3H3,(H2,33,40,41)(H,34,35,36);4-5,7-8,10,12-13,15,18-19,22,31H,1-3,6,9,11H2,(H2,27,33,34)(H,28,29,30);6-8,10,12-13,16,20,33H,2-5,9H2,1H3,(H2,27,35,36)(H,28,29,30)/t16-,18-,19?,23+,25?;15-,18-,19?,22+;12-,13-,16+,20?/m111/s1. The van der Waals surface area contributed by atoms with E-state index >= 15 is 0 Å². The number of aliphatic hydroxyl groups is 3. The molecule has 7 aromatic heterocycles. The second-order valence-corrected chi connectivity index (χ2v) is 39.9. The van der Waals surface area contributed by atoms with Crippen LogP contribution in [0.2, 0.25) is 14.4 Å².